The maximum Gasteiger partial charge on any atom is 0.226 e. The fraction of sp³-hybridized carbons (Fsp3) is 0.500. The molecular weight excluding hydrogens is 466 g/mol. The fourth-order valence-electron chi connectivity index (χ4n) is 4.36. The molecule has 0 saturated carbocycles. The molecule has 35 heavy (non-hydrogen) atoms. The first-order chi connectivity index (χ1) is 16.9. The molecule has 1 heterocycles. The third-order valence-electron chi connectivity index (χ3n) is 6.65. The Hall–Kier alpha value is -2.04. The van der Waals surface area contributed by atoms with Gasteiger partial charge in [-0.1, -0.05) is 138 Å². The summed E-state index contributed by atoms with van der Waals surface area (Å²) in [5.41, 5.74) is 3.31. The van der Waals surface area contributed by atoms with Crippen molar-refractivity contribution >= 4 is 24.9 Å². The van der Waals surface area contributed by atoms with Gasteiger partial charge in [0.1, 0.15) is 0 Å². The lowest BCUT2D eigenvalue weighted by Gasteiger charge is -2.16. The van der Waals surface area contributed by atoms with Crippen molar-refractivity contribution in [3.05, 3.63) is 59.4 Å². The molecule has 3 rings (SSSR count). The lowest BCUT2D eigenvalue weighted by molar-refractivity contribution is 0.556. The van der Waals surface area contributed by atoms with Crippen LogP contribution >= 0.6 is 11.6 Å². The van der Waals surface area contributed by atoms with Crippen LogP contribution in [0.4, 0.5) is 0 Å². The zero-order valence-electron chi connectivity index (χ0n) is 22.1. The Morgan fingerprint density at radius 1 is 0.600 bits per heavy atom. The molecule has 0 N–H and O–H groups in total. The van der Waals surface area contributed by atoms with Crippen molar-refractivity contribution in [2.24, 2.45) is 0 Å². The Morgan fingerprint density at radius 2 is 1.06 bits per heavy atom. The number of unbranched alkanes of at least 4 members (excludes halogenated alkanes) is 9. The highest BCUT2D eigenvalue weighted by atomic mass is 35.5. The smallest absolute Gasteiger partial charge is 0.208 e. The maximum absolute atomic E-state index is 6.28. The number of aromatic nitrogens is 3. The predicted molar refractivity (Wildman–Crippen MR) is 154 cm³/mol. The van der Waals surface area contributed by atoms with Gasteiger partial charge in [0.05, 0.1) is 8.07 Å². The fourth-order valence-corrected chi connectivity index (χ4v) is 5.69. The lowest BCUT2D eigenvalue weighted by atomic mass is 10.0. The van der Waals surface area contributed by atoms with Crippen molar-refractivity contribution in [3.8, 4) is 22.8 Å². The van der Waals surface area contributed by atoms with E-state index in [0.29, 0.717) is 11.6 Å². The second-order valence-electron chi connectivity index (χ2n) is 10.7. The number of halogens is 1. The van der Waals surface area contributed by atoms with Crippen LogP contribution in [0.3, 0.4) is 0 Å². The molecule has 0 bridgehead atoms. The lowest BCUT2D eigenvalue weighted by Crippen LogP contribution is -2.37. The van der Waals surface area contributed by atoms with E-state index in [4.69, 9.17) is 16.6 Å². The number of nitrogens with zero attached hydrogens (tertiary/aromatic N) is 3. The molecule has 0 amide bonds. The Kier molecular flexibility index (Phi) is 10.9. The SMILES string of the molecule is CCCCCCCCCCCCc1ccc(-c2nc(Cl)nc(-c3ccc([Si](C)(C)C)cc3)n2)cc1. The van der Waals surface area contributed by atoms with Crippen LogP contribution in [0.5, 0.6) is 0 Å². The Bertz CT molecular complexity index is 1030. The summed E-state index contributed by atoms with van der Waals surface area (Å²) in [6, 6.07) is 17.2. The monoisotopic (exact) mass is 507 g/mol. The molecule has 0 saturated heterocycles. The van der Waals surface area contributed by atoms with E-state index in [1.807, 2.05) is 0 Å². The third kappa shape index (κ3) is 9.16. The topological polar surface area (TPSA) is 38.7 Å². The molecule has 5 heteroatoms. The molecule has 0 fully saturated rings. The number of hydrogen-bond donors (Lipinski definition) is 0. The summed E-state index contributed by atoms with van der Waals surface area (Å²) < 4.78 is 0. The second kappa shape index (κ2) is 13.9. The van der Waals surface area contributed by atoms with Crippen molar-refractivity contribution in [3.63, 3.8) is 0 Å². The van der Waals surface area contributed by atoms with Gasteiger partial charge in [0.15, 0.2) is 11.6 Å². The van der Waals surface area contributed by atoms with Crippen molar-refractivity contribution in [1.82, 2.24) is 15.0 Å². The summed E-state index contributed by atoms with van der Waals surface area (Å²) in [6.45, 7) is 9.32. The van der Waals surface area contributed by atoms with Crippen LogP contribution in [-0.4, -0.2) is 23.0 Å². The largest absolute Gasteiger partial charge is 0.226 e. The van der Waals surface area contributed by atoms with Gasteiger partial charge in [-0.15, -0.1) is 0 Å². The van der Waals surface area contributed by atoms with E-state index in [9.17, 15) is 0 Å². The van der Waals surface area contributed by atoms with Gasteiger partial charge in [-0.2, -0.15) is 9.97 Å². The summed E-state index contributed by atoms with van der Waals surface area (Å²) in [7, 11) is -1.34. The molecule has 3 nitrogen and oxygen atoms in total. The Morgan fingerprint density at radius 3 is 1.54 bits per heavy atom. The Balaban J connectivity index is 1.51. The quantitative estimate of drug-likeness (QED) is 0.161. The van der Waals surface area contributed by atoms with E-state index in [2.05, 4.69) is 85.1 Å². The summed E-state index contributed by atoms with van der Waals surface area (Å²) in [6.07, 6.45) is 14.8. The highest BCUT2D eigenvalue weighted by molar-refractivity contribution is 6.88. The zero-order chi connectivity index (χ0) is 25.1. The van der Waals surface area contributed by atoms with Crippen LogP contribution in [-0.2, 0) is 6.42 Å². The molecule has 0 aliphatic heterocycles. The van der Waals surface area contributed by atoms with Crippen LogP contribution < -0.4 is 5.19 Å². The second-order valence-corrected chi connectivity index (χ2v) is 16.1. The summed E-state index contributed by atoms with van der Waals surface area (Å²) in [4.78, 5) is 13.5. The first-order valence-corrected chi connectivity index (χ1v) is 17.4. The Labute approximate surface area is 218 Å². The molecule has 188 valence electrons. The molecule has 0 radical (unpaired) electrons. The van der Waals surface area contributed by atoms with Crippen molar-refractivity contribution in [2.45, 2.75) is 97.2 Å². The predicted octanol–water partition coefficient (Wildman–Crippen LogP) is 8.87. The van der Waals surface area contributed by atoms with Gasteiger partial charge >= 0.3 is 0 Å². The molecule has 0 aliphatic carbocycles. The van der Waals surface area contributed by atoms with Crippen LogP contribution in [0, 0.1) is 0 Å². The minimum absolute atomic E-state index is 0.230. The van der Waals surface area contributed by atoms with Crippen LogP contribution in [0.25, 0.3) is 22.8 Å². The van der Waals surface area contributed by atoms with Crippen LogP contribution in [0.15, 0.2) is 48.5 Å². The molecule has 3 aromatic rings. The van der Waals surface area contributed by atoms with Crippen LogP contribution in [0.1, 0.15) is 76.7 Å². The first kappa shape index (κ1) is 27.5. The highest BCUT2D eigenvalue weighted by Gasteiger charge is 2.16. The van der Waals surface area contributed by atoms with Gasteiger partial charge in [0, 0.05) is 11.1 Å². The van der Waals surface area contributed by atoms with Crippen molar-refractivity contribution < 1.29 is 0 Å². The molecule has 0 aliphatic rings. The van der Waals surface area contributed by atoms with E-state index in [0.717, 1.165) is 17.5 Å². The molecule has 0 atom stereocenters. The first-order valence-electron chi connectivity index (χ1n) is 13.5. The van der Waals surface area contributed by atoms with Crippen LogP contribution in [0.2, 0.25) is 24.9 Å². The molecule has 0 unspecified atom stereocenters. The van der Waals surface area contributed by atoms with Gasteiger partial charge < -0.3 is 0 Å². The van der Waals surface area contributed by atoms with E-state index in [1.54, 1.807) is 0 Å². The molecular formula is C30H42ClN3Si. The number of aryl methyl sites for hydroxylation is 1. The van der Waals surface area contributed by atoms with Gasteiger partial charge in [0.2, 0.25) is 5.28 Å². The normalized spacial score (nSPS) is 11.7. The highest BCUT2D eigenvalue weighted by Crippen LogP contribution is 2.23. The van der Waals surface area contributed by atoms with E-state index < -0.39 is 8.07 Å². The average Bonchev–Trinajstić information content (AvgIpc) is 2.85. The van der Waals surface area contributed by atoms with Gasteiger partial charge in [-0.25, -0.2) is 4.98 Å². The average molecular weight is 508 g/mol. The number of hydrogen-bond acceptors (Lipinski definition) is 3. The molecule has 2 aromatic carbocycles. The summed E-state index contributed by atoms with van der Waals surface area (Å²) in [5.74, 6) is 1.25. The summed E-state index contributed by atoms with van der Waals surface area (Å²) in [5, 5.41) is 1.65. The minimum Gasteiger partial charge on any atom is -0.208 e. The van der Waals surface area contributed by atoms with Gasteiger partial charge in [0.25, 0.3) is 0 Å². The number of benzene rings is 2. The minimum atomic E-state index is -1.34. The maximum atomic E-state index is 6.28. The van der Waals surface area contributed by atoms with E-state index in [-0.39, 0.29) is 5.28 Å². The number of rotatable bonds is 14. The van der Waals surface area contributed by atoms with Gasteiger partial charge in [-0.3, -0.25) is 0 Å². The zero-order valence-corrected chi connectivity index (χ0v) is 23.9. The van der Waals surface area contributed by atoms with Gasteiger partial charge in [-0.05, 0) is 30.0 Å². The van der Waals surface area contributed by atoms with Crippen molar-refractivity contribution in [2.75, 3.05) is 0 Å². The standard InChI is InChI=1S/C30H42ClN3Si/c1-5-6-7-8-9-10-11-12-13-14-15-24-16-18-25(19-17-24)28-32-29(34-30(31)33-28)26-20-22-27(23-21-26)35(2,3)4/h16-23H,5-15H2,1-4H3. The summed E-state index contributed by atoms with van der Waals surface area (Å²) >= 11 is 6.28. The van der Waals surface area contributed by atoms with E-state index in [1.165, 1.54) is 75.0 Å². The van der Waals surface area contributed by atoms with Crippen molar-refractivity contribution in [1.29, 1.82) is 0 Å². The third-order valence-corrected chi connectivity index (χ3v) is 8.88. The van der Waals surface area contributed by atoms with E-state index >= 15 is 0 Å². The molecule has 0 spiro atoms. The molecule has 1 aromatic heterocycles.